The van der Waals surface area contributed by atoms with Crippen LogP contribution in [0.15, 0.2) is 53.5 Å². The van der Waals surface area contributed by atoms with Crippen LogP contribution in [0.25, 0.3) is 11.0 Å². The first kappa shape index (κ1) is 15.0. The maximum Gasteiger partial charge on any atom is 0.250 e. The molecule has 0 fully saturated rings. The van der Waals surface area contributed by atoms with Gasteiger partial charge in [-0.15, -0.1) is 0 Å². The number of pyridine rings is 1. The highest BCUT2D eigenvalue weighted by molar-refractivity contribution is 5.76. The van der Waals surface area contributed by atoms with E-state index in [0.717, 1.165) is 16.9 Å². The van der Waals surface area contributed by atoms with Crippen molar-refractivity contribution in [3.05, 3.63) is 64.8 Å². The van der Waals surface area contributed by atoms with E-state index >= 15 is 0 Å². The summed E-state index contributed by atoms with van der Waals surface area (Å²) in [6.07, 6.45) is 1.61. The Bertz CT molecular complexity index is 895. The SMILES string of the molecule is Cc1nc2ccccc2n1CCNC(=O)Cn1ccccc1=O. The van der Waals surface area contributed by atoms with Gasteiger partial charge in [0, 0.05) is 25.4 Å². The highest BCUT2D eigenvalue weighted by Crippen LogP contribution is 2.14. The van der Waals surface area contributed by atoms with E-state index in [2.05, 4.69) is 14.9 Å². The quantitative estimate of drug-likeness (QED) is 0.773. The molecule has 1 amide bonds. The number of amides is 1. The molecule has 0 saturated heterocycles. The van der Waals surface area contributed by atoms with Gasteiger partial charge in [-0.2, -0.15) is 0 Å². The number of hydrogen-bond acceptors (Lipinski definition) is 3. The molecule has 3 aromatic rings. The Hall–Kier alpha value is -2.89. The third-order valence-corrected chi connectivity index (χ3v) is 3.72. The number of imidazole rings is 1. The summed E-state index contributed by atoms with van der Waals surface area (Å²) < 4.78 is 3.46. The number of benzene rings is 1. The minimum atomic E-state index is -0.181. The number of carbonyl (C=O) groups excluding carboxylic acids is 1. The first-order valence-corrected chi connectivity index (χ1v) is 7.49. The molecule has 0 unspecified atom stereocenters. The third-order valence-electron chi connectivity index (χ3n) is 3.72. The van der Waals surface area contributed by atoms with Gasteiger partial charge in [-0.1, -0.05) is 18.2 Å². The predicted octanol–water partition coefficient (Wildman–Crippen LogP) is 1.32. The van der Waals surface area contributed by atoms with E-state index < -0.39 is 0 Å². The van der Waals surface area contributed by atoms with Gasteiger partial charge in [-0.3, -0.25) is 9.59 Å². The third kappa shape index (κ3) is 3.31. The summed E-state index contributed by atoms with van der Waals surface area (Å²) in [5.41, 5.74) is 1.82. The molecular formula is C17H18N4O2. The Kier molecular flexibility index (Phi) is 4.23. The Morgan fingerprint density at radius 2 is 1.96 bits per heavy atom. The van der Waals surface area contributed by atoms with Crippen molar-refractivity contribution >= 4 is 16.9 Å². The summed E-state index contributed by atoms with van der Waals surface area (Å²) in [5, 5.41) is 2.84. The average Bonchev–Trinajstić information content (AvgIpc) is 2.86. The first-order valence-electron chi connectivity index (χ1n) is 7.49. The van der Waals surface area contributed by atoms with Crippen molar-refractivity contribution in [2.75, 3.05) is 6.54 Å². The molecule has 0 aliphatic rings. The molecule has 2 heterocycles. The number of rotatable bonds is 5. The molecule has 0 saturated carbocycles. The molecule has 6 heteroatoms. The summed E-state index contributed by atoms with van der Waals surface area (Å²) in [7, 11) is 0. The minimum Gasteiger partial charge on any atom is -0.353 e. The number of fused-ring (bicyclic) bond motifs is 1. The van der Waals surface area contributed by atoms with Gasteiger partial charge in [0.2, 0.25) is 5.91 Å². The molecule has 0 aliphatic heterocycles. The van der Waals surface area contributed by atoms with E-state index in [1.165, 1.54) is 10.6 Å². The number of nitrogens with zero attached hydrogens (tertiary/aromatic N) is 3. The number of aromatic nitrogens is 3. The minimum absolute atomic E-state index is 0.0311. The Morgan fingerprint density at radius 3 is 2.78 bits per heavy atom. The molecule has 6 nitrogen and oxygen atoms in total. The first-order chi connectivity index (χ1) is 11.1. The molecule has 0 radical (unpaired) electrons. The van der Waals surface area contributed by atoms with Crippen molar-refractivity contribution in [3.63, 3.8) is 0 Å². The highest BCUT2D eigenvalue weighted by Gasteiger charge is 2.07. The van der Waals surface area contributed by atoms with Gasteiger partial charge in [0.05, 0.1) is 11.0 Å². The van der Waals surface area contributed by atoms with Crippen LogP contribution in [0, 0.1) is 6.92 Å². The van der Waals surface area contributed by atoms with Gasteiger partial charge >= 0.3 is 0 Å². The van der Waals surface area contributed by atoms with Gasteiger partial charge in [0.1, 0.15) is 12.4 Å². The zero-order valence-corrected chi connectivity index (χ0v) is 12.9. The lowest BCUT2D eigenvalue weighted by Crippen LogP contribution is -2.33. The van der Waals surface area contributed by atoms with E-state index in [1.807, 2.05) is 31.2 Å². The van der Waals surface area contributed by atoms with E-state index in [4.69, 9.17) is 0 Å². The van der Waals surface area contributed by atoms with Crippen LogP contribution in [-0.4, -0.2) is 26.6 Å². The number of para-hydroxylation sites is 2. The molecular weight excluding hydrogens is 292 g/mol. The van der Waals surface area contributed by atoms with Crippen molar-refractivity contribution in [1.29, 1.82) is 0 Å². The van der Waals surface area contributed by atoms with Crippen LogP contribution in [-0.2, 0) is 17.9 Å². The standard InChI is InChI=1S/C17H18N4O2/c1-13-19-14-6-2-3-7-15(14)21(13)11-9-18-16(22)12-20-10-5-4-8-17(20)23/h2-8,10H,9,11-12H2,1H3,(H,18,22). The maximum absolute atomic E-state index is 11.9. The van der Waals surface area contributed by atoms with Crippen molar-refractivity contribution < 1.29 is 4.79 Å². The summed E-state index contributed by atoms with van der Waals surface area (Å²) >= 11 is 0. The molecule has 0 bridgehead atoms. The summed E-state index contributed by atoms with van der Waals surface area (Å²) in [5.74, 6) is 0.736. The fourth-order valence-electron chi connectivity index (χ4n) is 2.59. The van der Waals surface area contributed by atoms with Crippen molar-refractivity contribution in [2.45, 2.75) is 20.0 Å². The molecule has 23 heavy (non-hydrogen) atoms. The fourth-order valence-corrected chi connectivity index (χ4v) is 2.59. The molecule has 0 spiro atoms. The smallest absolute Gasteiger partial charge is 0.250 e. The van der Waals surface area contributed by atoms with Crippen molar-refractivity contribution in [3.8, 4) is 0 Å². The zero-order valence-electron chi connectivity index (χ0n) is 12.9. The number of aryl methyl sites for hydroxylation is 1. The lowest BCUT2D eigenvalue weighted by molar-refractivity contribution is -0.121. The van der Waals surface area contributed by atoms with Gasteiger partial charge in [0.15, 0.2) is 0 Å². The Labute approximate surface area is 133 Å². The topological polar surface area (TPSA) is 68.9 Å². The van der Waals surface area contributed by atoms with Crippen LogP contribution in [0.2, 0.25) is 0 Å². The normalized spacial score (nSPS) is 10.8. The van der Waals surface area contributed by atoms with Gasteiger partial charge in [-0.25, -0.2) is 4.98 Å². The monoisotopic (exact) mass is 310 g/mol. The molecule has 3 rings (SSSR count). The molecule has 0 atom stereocenters. The Balaban J connectivity index is 1.61. The van der Waals surface area contributed by atoms with E-state index in [1.54, 1.807) is 18.3 Å². The maximum atomic E-state index is 11.9. The average molecular weight is 310 g/mol. The largest absolute Gasteiger partial charge is 0.353 e. The van der Waals surface area contributed by atoms with Crippen LogP contribution >= 0.6 is 0 Å². The second-order valence-corrected chi connectivity index (χ2v) is 5.32. The molecule has 2 aromatic heterocycles. The highest BCUT2D eigenvalue weighted by atomic mass is 16.2. The van der Waals surface area contributed by atoms with Crippen molar-refractivity contribution in [1.82, 2.24) is 19.4 Å². The van der Waals surface area contributed by atoms with Gasteiger partial charge < -0.3 is 14.5 Å². The predicted molar refractivity (Wildman–Crippen MR) is 88.2 cm³/mol. The van der Waals surface area contributed by atoms with Crippen LogP contribution in [0.4, 0.5) is 0 Å². The lowest BCUT2D eigenvalue weighted by Gasteiger charge is -2.09. The van der Waals surface area contributed by atoms with Crippen LogP contribution in [0.3, 0.4) is 0 Å². The van der Waals surface area contributed by atoms with Crippen LogP contribution in [0.1, 0.15) is 5.82 Å². The molecule has 1 N–H and O–H groups in total. The second kappa shape index (κ2) is 6.48. The van der Waals surface area contributed by atoms with E-state index in [9.17, 15) is 9.59 Å². The van der Waals surface area contributed by atoms with E-state index in [0.29, 0.717) is 13.1 Å². The van der Waals surface area contributed by atoms with Gasteiger partial charge in [0.25, 0.3) is 5.56 Å². The zero-order chi connectivity index (χ0) is 16.2. The van der Waals surface area contributed by atoms with Gasteiger partial charge in [-0.05, 0) is 25.1 Å². The molecule has 1 aromatic carbocycles. The molecule has 118 valence electrons. The summed E-state index contributed by atoms with van der Waals surface area (Å²) in [4.78, 5) is 28.0. The summed E-state index contributed by atoms with van der Waals surface area (Å²) in [6.45, 7) is 3.11. The fraction of sp³-hybridized carbons (Fsp3) is 0.235. The van der Waals surface area contributed by atoms with E-state index in [-0.39, 0.29) is 18.0 Å². The lowest BCUT2D eigenvalue weighted by atomic mass is 10.3. The Morgan fingerprint density at radius 1 is 1.17 bits per heavy atom. The second-order valence-electron chi connectivity index (χ2n) is 5.32. The number of carbonyl (C=O) groups is 1. The summed E-state index contributed by atoms with van der Waals surface area (Å²) in [6, 6.07) is 12.7. The van der Waals surface area contributed by atoms with Crippen molar-refractivity contribution in [2.24, 2.45) is 0 Å². The van der Waals surface area contributed by atoms with Crippen LogP contribution in [0.5, 0.6) is 0 Å². The number of hydrogen-bond donors (Lipinski definition) is 1. The number of nitrogens with one attached hydrogen (secondary N) is 1. The van der Waals surface area contributed by atoms with Crippen LogP contribution < -0.4 is 10.9 Å². The molecule has 0 aliphatic carbocycles.